The van der Waals surface area contributed by atoms with Crippen molar-refractivity contribution in [2.75, 3.05) is 6.26 Å². The Labute approximate surface area is 97.6 Å². The number of hydrogen-bond donors (Lipinski definition) is 1. The second-order valence-electron chi connectivity index (χ2n) is 4.71. The topological polar surface area (TPSA) is 60.2 Å². The second-order valence-corrected chi connectivity index (χ2v) is 7.31. The largest absolute Gasteiger partial charge is 0.323 e. The fraction of sp³-hybridized carbons (Fsp3) is 0.500. The molecule has 0 fully saturated rings. The molecule has 1 aromatic rings. The van der Waals surface area contributed by atoms with Gasteiger partial charge in [-0.05, 0) is 31.9 Å². The Morgan fingerprint density at radius 3 is 2.19 bits per heavy atom. The second kappa shape index (κ2) is 4.18. The first-order valence-electron chi connectivity index (χ1n) is 5.18. The minimum Gasteiger partial charge on any atom is -0.323 e. The van der Waals surface area contributed by atoms with Crippen LogP contribution in [0.15, 0.2) is 24.3 Å². The zero-order valence-corrected chi connectivity index (χ0v) is 11.0. The molecule has 0 saturated heterocycles. The van der Waals surface area contributed by atoms with E-state index in [2.05, 4.69) is 0 Å². The van der Waals surface area contributed by atoms with Crippen molar-refractivity contribution in [1.29, 1.82) is 0 Å². The van der Waals surface area contributed by atoms with Crippen LogP contribution >= 0.6 is 0 Å². The highest BCUT2D eigenvalue weighted by molar-refractivity contribution is 7.92. The SMILES string of the molecule is Cc1ccccc1C(N)C(C)(C)S(C)(=O)=O. The van der Waals surface area contributed by atoms with Crippen molar-refractivity contribution in [2.45, 2.75) is 31.6 Å². The molecule has 1 aromatic carbocycles. The third kappa shape index (κ3) is 2.28. The van der Waals surface area contributed by atoms with Crippen LogP contribution in [0, 0.1) is 6.92 Å². The molecule has 0 aliphatic heterocycles. The zero-order chi connectivity index (χ0) is 12.6. The summed E-state index contributed by atoms with van der Waals surface area (Å²) in [5.74, 6) is 0. The van der Waals surface area contributed by atoms with Gasteiger partial charge in [0.25, 0.3) is 0 Å². The van der Waals surface area contributed by atoms with Gasteiger partial charge in [0.2, 0.25) is 0 Å². The van der Waals surface area contributed by atoms with E-state index < -0.39 is 20.6 Å². The maximum absolute atomic E-state index is 11.7. The van der Waals surface area contributed by atoms with Crippen molar-refractivity contribution in [3.8, 4) is 0 Å². The average Bonchev–Trinajstić information content (AvgIpc) is 2.15. The lowest BCUT2D eigenvalue weighted by atomic mass is 9.93. The van der Waals surface area contributed by atoms with Crippen LogP contribution in [0.1, 0.15) is 31.0 Å². The number of aryl methyl sites for hydroxylation is 1. The van der Waals surface area contributed by atoms with Crippen molar-refractivity contribution in [1.82, 2.24) is 0 Å². The fourth-order valence-corrected chi connectivity index (χ4v) is 2.13. The van der Waals surface area contributed by atoms with Crippen molar-refractivity contribution in [3.63, 3.8) is 0 Å². The summed E-state index contributed by atoms with van der Waals surface area (Å²) in [6.45, 7) is 5.27. The number of benzene rings is 1. The lowest BCUT2D eigenvalue weighted by Crippen LogP contribution is -2.42. The summed E-state index contributed by atoms with van der Waals surface area (Å²) in [6, 6.07) is 7.10. The Bertz CT molecular complexity index is 478. The highest BCUT2D eigenvalue weighted by Gasteiger charge is 2.38. The molecule has 4 heteroatoms. The molecule has 0 spiro atoms. The molecule has 16 heavy (non-hydrogen) atoms. The van der Waals surface area contributed by atoms with Crippen molar-refractivity contribution >= 4 is 9.84 Å². The molecule has 0 aromatic heterocycles. The molecule has 0 bridgehead atoms. The van der Waals surface area contributed by atoms with Gasteiger partial charge in [0.15, 0.2) is 9.84 Å². The quantitative estimate of drug-likeness (QED) is 0.878. The van der Waals surface area contributed by atoms with Crippen LogP contribution in [-0.2, 0) is 9.84 Å². The van der Waals surface area contributed by atoms with Crippen LogP contribution in [-0.4, -0.2) is 19.4 Å². The van der Waals surface area contributed by atoms with E-state index in [1.807, 2.05) is 31.2 Å². The molecule has 0 aliphatic carbocycles. The molecule has 1 atom stereocenters. The van der Waals surface area contributed by atoms with Gasteiger partial charge >= 0.3 is 0 Å². The van der Waals surface area contributed by atoms with Crippen molar-refractivity contribution < 1.29 is 8.42 Å². The molecule has 0 saturated carbocycles. The van der Waals surface area contributed by atoms with E-state index in [4.69, 9.17) is 5.73 Å². The van der Waals surface area contributed by atoms with Crippen LogP contribution in [0.25, 0.3) is 0 Å². The fourth-order valence-electron chi connectivity index (χ4n) is 1.54. The summed E-state index contributed by atoms with van der Waals surface area (Å²) >= 11 is 0. The summed E-state index contributed by atoms with van der Waals surface area (Å²) in [4.78, 5) is 0. The number of nitrogens with two attached hydrogens (primary N) is 1. The minimum absolute atomic E-state index is 0.510. The van der Waals surface area contributed by atoms with Crippen molar-refractivity contribution in [3.05, 3.63) is 35.4 Å². The van der Waals surface area contributed by atoms with Gasteiger partial charge in [-0.2, -0.15) is 0 Å². The summed E-state index contributed by atoms with van der Waals surface area (Å²) in [5, 5.41) is 0. The van der Waals surface area contributed by atoms with Gasteiger partial charge in [0.1, 0.15) is 0 Å². The maximum atomic E-state index is 11.7. The lowest BCUT2D eigenvalue weighted by molar-refractivity contribution is 0.495. The molecule has 90 valence electrons. The Morgan fingerprint density at radius 2 is 1.75 bits per heavy atom. The van der Waals surface area contributed by atoms with Crippen LogP contribution in [0.5, 0.6) is 0 Å². The van der Waals surface area contributed by atoms with Crippen molar-refractivity contribution in [2.24, 2.45) is 5.73 Å². The minimum atomic E-state index is -3.19. The molecule has 1 unspecified atom stereocenters. The third-order valence-electron chi connectivity index (χ3n) is 3.23. The normalized spacial score (nSPS) is 14.8. The Kier molecular flexibility index (Phi) is 3.45. The monoisotopic (exact) mass is 241 g/mol. The molecule has 0 aliphatic rings. The van der Waals surface area contributed by atoms with Crippen LogP contribution in [0.3, 0.4) is 0 Å². The van der Waals surface area contributed by atoms with Gasteiger partial charge in [-0.1, -0.05) is 24.3 Å². The predicted molar refractivity (Wildman–Crippen MR) is 67.0 cm³/mol. The van der Waals surface area contributed by atoms with Gasteiger partial charge < -0.3 is 5.73 Å². The molecule has 2 N–H and O–H groups in total. The van der Waals surface area contributed by atoms with E-state index in [1.165, 1.54) is 6.26 Å². The van der Waals surface area contributed by atoms with Gasteiger partial charge in [-0.25, -0.2) is 8.42 Å². The van der Waals surface area contributed by atoms with Gasteiger partial charge in [-0.3, -0.25) is 0 Å². The molecular weight excluding hydrogens is 222 g/mol. The van der Waals surface area contributed by atoms with E-state index in [-0.39, 0.29) is 0 Å². The van der Waals surface area contributed by atoms with E-state index in [0.717, 1.165) is 11.1 Å². The predicted octanol–water partition coefficient (Wildman–Crippen LogP) is 1.82. The number of sulfone groups is 1. The lowest BCUT2D eigenvalue weighted by Gasteiger charge is -2.30. The Balaban J connectivity index is 3.23. The first-order chi connectivity index (χ1) is 7.18. The van der Waals surface area contributed by atoms with E-state index in [1.54, 1.807) is 13.8 Å². The van der Waals surface area contributed by atoms with Crippen LogP contribution in [0.4, 0.5) is 0 Å². The number of hydrogen-bond acceptors (Lipinski definition) is 3. The molecular formula is C12H19NO2S. The Morgan fingerprint density at radius 1 is 1.25 bits per heavy atom. The third-order valence-corrected chi connectivity index (χ3v) is 5.39. The molecule has 0 amide bonds. The van der Waals surface area contributed by atoms with E-state index >= 15 is 0 Å². The summed E-state index contributed by atoms with van der Waals surface area (Å²) in [5.41, 5.74) is 7.99. The summed E-state index contributed by atoms with van der Waals surface area (Å²) in [6.07, 6.45) is 1.23. The summed E-state index contributed by atoms with van der Waals surface area (Å²) in [7, 11) is -3.19. The van der Waals surface area contributed by atoms with Gasteiger partial charge in [0, 0.05) is 12.3 Å². The van der Waals surface area contributed by atoms with Crippen LogP contribution in [0.2, 0.25) is 0 Å². The molecule has 0 radical (unpaired) electrons. The summed E-state index contributed by atoms with van der Waals surface area (Å²) < 4.78 is 22.4. The highest BCUT2D eigenvalue weighted by Crippen LogP contribution is 2.31. The zero-order valence-electron chi connectivity index (χ0n) is 10.2. The standard InChI is InChI=1S/C12H19NO2S/c1-9-7-5-6-8-10(9)11(13)12(2,3)16(4,14)15/h5-8,11H,13H2,1-4H3. The first kappa shape index (κ1) is 13.2. The average molecular weight is 241 g/mol. The van der Waals surface area contributed by atoms with Crippen LogP contribution < -0.4 is 5.73 Å². The van der Waals surface area contributed by atoms with E-state index in [0.29, 0.717) is 0 Å². The van der Waals surface area contributed by atoms with Gasteiger partial charge in [-0.15, -0.1) is 0 Å². The molecule has 1 rings (SSSR count). The first-order valence-corrected chi connectivity index (χ1v) is 7.08. The highest BCUT2D eigenvalue weighted by atomic mass is 32.2. The molecule has 0 heterocycles. The Hall–Kier alpha value is -0.870. The number of rotatable bonds is 3. The molecule has 3 nitrogen and oxygen atoms in total. The van der Waals surface area contributed by atoms with Gasteiger partial charge in [0.05, 0.1) is 4.75 Å². The smallest absolute Gasteiger partial charge is 0.154 e. The maximum Gasteiger partial charge on any atom is 0.154 e. The van der Waals surface area contributed by atoms with E-state index in [9.17, 15) is 8.42 Å².